The minimum Gasteiger partial charge on any atom is -0.468 e. The largest absolute Gasteiger partial charge is 0.468 e. The second kappa shape index (κ2) is 7.02. The van der Waals surface area contributed by atoms with Crippen LogP contribution in [0.3, 0.4) is 0 Å². The maximum atomic E-state index is 12.6. The topological polar surface area (TPSA) is 71.5 Å². The van der Waals surface area contributed by atoms with E-state index in [0.29, 0.717) is 13.1 Å². The van der Waals surface area contributed by atoms with E-state index in [1.807, 2.05) is 0 Å². The first kappa shape index (κ1) is 18.0. The van der Waals surface area contributed by atoms with Crippen molar-refractivity contribution in [3.63, 3.8) is 0 Å². The molecule has 0 amide bonds. The van der Waals surface area contributed by atoms with E-state index in [0.717, 1.165) is 25.1 Å². The second-order valence-corrected chi connectivity index (χ2v) is 7.10. The van der Waals surface area contributed by atoms with Crippen LogP contribution in [0.1, 0.15) is 12.8 Å². The highest BCUT2D eigenvalue weighted by atomic mass is 32.2. The van der Waals surface area contributed by atoms with Crippen molar-refractivity contribution in [2.24, 2.45) is 0 Å². The molecular weight excluding hydrogens is 335 g/mol. The zero-order chi connectivity index (χ0) is 17.1. The number of halogens is 3. The molecule has 1 saturated heterocycles. The van der Waals surface area contributed by atoms with Crippen LogP contribution >= 0.6 is 0 Å². The molecule has 0 bridgehead atoms. The molecule has 1 N–H and O–H groups in total. The third-order valence-electron chi connectivity index (χ3n) is 3.46. The molecule has 1 aromatic rings. The fourth-order valence-corrected chi connectivity index (χ4v) is 4.10. The number of ether oxygens (including phenoxy) is 1. The molecule has 2 heterocycles. The predicted octanol–water partition coefficient (Wildman–Crippen LogP) is 1.40. The van der Waals surface area contributed by atoms with Gasteiger partial charge in [0.25, 0.3) is 0 Å². The fourth-order valence-electron chi connectivity index (χ4n) is 2.46. The Balaban J connectivity index is 2.11. The molecule has 0 spiro atoms. The summed E-state index contributed by atoms with van der Waals surface area (Å²) in [6.07, 6.45) is -1.91. The minimum absolute atomic E-state index is 0.0557. The lowest BCUT2D eigenvalue weighted by Crippen LogP contribution is -2.40. The third kappa shape index (κ3) is 4.55. The van der Waals surface area contributed by atoms with Crippen molar-refractivity contribution >= 4 is 10.0 Å². The first-order valence-corrected chi connectivity index (χ1v) is 8.50. The van der Waals surface area contributed by atoms with Crippen molar-refractivity contribution in [2.45, 2.75) is 30.0 Å². The average molecular weight is 353 g/mol. The number of nitrogens with zero attached hydrogens (tertiary/aromatic N) is 2. The average Bonchev–Trinajstić information content (AvgIpc) is 2.94. The maximum absolute atomic E-state index is 12.6. The van der Waals surface area contributed by atoms with E-state index in [1.54, 1.807) is 7.05 Å². The normalized spacial score (nSPS) is 19.9. The van der Waals surface area contributed by atoms with Crippen LogP contribution in [0, 0.1) is 0 Å². The molecule has 1 atom stereocenters. The lowest BCUT2D eigenvalue weighted by molar-refractivity contribution is -0.154. The molecule has 6 nitrogen and oxygen atoms in total. The Morgan fingerprint density at radius 3 is 2.74 bits per heavy atom. The van der Waals surface area contributed by atoms with E-state index in [1.165, 1.54) is 10.4 Å². The number of likely N-dealkylation sites (N-methyl/N-ethyl adjacent to an activating group) is 1. The molecule has 10 heteroatoms. The van der Waals surface area contributed by atoms with E-state index < -0.39 is 22.8 Å². The Hall–Kier alpha value is -1.39. The Labute approximate surface area is 132 Å². The summed E-state index contributed by atoms with van der Waals surface area (Å²) in [6, 6.07) is 2.20. The summed E-state index contributed by atoms with van der Waals surface area (Å²) in [5.41, 5.74) is 0. The van der Waals surface area contributed by atoms with Crippen LogP contribution in [0.25, 0.3) is 0 Å². The van der Waals surface area contributed by atoms with Crippen molar-refractivity contribution in [1.82, 2.24) is 14.6 Å². The van der Waals surface area contributed by atoms with E-state index in [-0.39, 0.29) is 16.8 Å². The minimum atomic E-state index is -4.47. The van der Waals surface area contributed by atoms with Gasteiger partial charge in [-0.15, -0.1) is 0 Å². The van der Waals surface area contributed by atoms with Crippen LogP contribution in [-0.4, -0.2) is 56.7 Å². The third-order valence-corrected chi connectivity index (χ3v) is 5.40. The summed E-state index contributed by atoms with van der Waals surface area (Å²) in [5.74, 6) is -0.269. The van der Waals surface area contributed by atoms with Crippen molar-refractivity contribution in [3.05, 3.63) is 18.3 Å². The van der Waals surface area contributed by atoms with E-state index >= 15 is 0 Å². The van der Waals surface area contributed by atoms with Gasteiger partial charge in [0.05, 0.1) is 6.20 Å². The number of alkyl halides is 3. The van der Waals surface area contributed by atoms with Crippen LogP contribution in [0.4, 0.5) is 13.2 Å². The molecule has 23 heavy (non-hydrogen) atoms. The van der Waals surface area contributed by atoms with Crippen LogP contribution in [0.5, 0.6) is 5.88 Å². The Kier molecular flexibility index (Phi) is 5.48. The second-order valence-electron chi connectivity index (χ2n) is 5.21. The van der Waals surface area contributed by atoms with Crippen LogP contribution in [-0.2, 0) is 10.0 Å². The number of sulfonamides is 1. The van der Waals surface area contributed by atoms with Crippen molar-refractivity contribution in [1.29, 1.82) is 0 Å². The predicted molar refractivity (Wildman–Crippen MR) is 76.6 cm³/mol. The summed E-state index contributed by atoms with van der Waals surface area (Å²) in [5, 5.41) is 2.95. The van der Waals surface area contributed by atoms with Gasteiger partial charge in [-0.05, 0) is 26.0 Å². The number of pyridine rings is 1. The summed E-state index contributed by atoms with van der Waals surface area (Å²) >= 11 is 0. The summed E-state index contributed by atoms with van der Waals surface area (Å²) < 4.78 is 67.2. The molecule has 0 aromatic carbocycles. The lowest BCUT2D eigenvalue weighted by Gasteiger charge is -2.23. The van der Waals surface area contributed by atoms with E-state index in [2.05, 4.69) is 15.0 Å². The number of nitrogens with one attached hydrogen (secondary N) is 1. The molecule has 1 aliphatic heterocycles. The Morgan fingerprint density at radius 1 is 1.43 bits per heavy atom. The highest BCUT2D eigenvalue weighted by Gasteiger charge is 2.35. The standard InChI is InChI=1S/C13H18F3N3O3S/c1-17-7-10-3-2-6-19(10)23(20,21)11-4-5-12(18-8-11)22-9-13(14,15)16/h4-5,8,10,17H,2-3,6-7,9H2,1H3. The van der Waals surface area contributed by atoms with Gasteiger partial charge in [-0.2, -0.15) is 17.5 Å². The molecule has 0 radical (unpaired) electrons. The maximum Gasteiger partial charge on any atom is 0.422 e. The number of hydrogen-bond acceptors (Lipinski definition) is 5. The summed E-state index contributed by atoms with van der Waals surface area (Å²) in [4.78, 5) is 3.59. The zero-order valence-electron chi connectivity index (χ0n) is 12.5. The van der Waals surface area contributed by atoms with Crippen LogP contribution < -0.4 is 10.1 Å². The molecule has 1 unspecified atom stereocenters. The molecule has 1 aromatic heterocycles. The Morgan fingerprint density at radius 2 is 2.17 bits per heavy atom. The highest BCUT2D eigenvalue weighted by Crippen LogP contribution is 2.26. The quantitative estimate of drug-likeness (QED) is 0.837. The monoisotopic (exact) mass is 353 g/mol. The Bertz CT molecular complexity index is 620. The van der Waals surface area contributed by atoms with Gasteiger partial charge in [0, 0.05) is 25.2 Å². The van der Waals surface area contributed by atoms with Gasteiger partial charge in [0.15, 0.2) is 6.61 Å². The molecule has 0 aliphatic carbocycles. The van der Waals surface area contributed by atoms with Crippen molar-refractivity contribution in [2.75, 3.05) is 26.7 Å². The fraction of sp³-hybridized carbons (Fsp3) is 0.615. The number of rotatable bonds is 6. The summed E-state index contributed by atoms with van der Waals surface area (Å²) in [7, 11) is -1.97. The molecular formula is C13H18F3N3O3S. The van der Waals surface area contributed by atoms with Gasteiger partial charge < -0.3 is 10.1 Å². The van der Waals surface area contributed by atoms with Crippen molar-refractivity contribution < 1.29 is 26.3 Å². The van der Waals surface area contributed by atoms with Crippen molar-refractivity contribution in [3.8, 4) is 5.88 Å². The molecule has 1 aliphatic rings. The van der Waals surface area contributed by atoms with Gasteiger partial charge in [0.2, 0.25) is 15.9 Å². The number of aromatic nitrogens is 1. The van der Waals surface area contributed by atoms with Gasteiger partial charge in [-0.1, -0.05) is 0 Å². The van der Waals surface area contributed by atoms with Crippen LogP contribution in [0.15, 0.2) is 23.2 Å². The zero-order valence-corrected chi connectivity index (χ0v) is 13.3. The molecule has 0 saturated carbocycles. The first-order valence-electron chi connectivity index (χ1n) is 7.06. The smallest absolute Gasteiger partial charge is 0.422 e. The molecule has 2 rings (SSSR count). The number of hydrogen-bond donors (Lipinski definition) is 1. The van der Waals surface area contributed by atoms with Gasteiger partial charge >= 0.3 is 6.18 Å². The first-order chi connectivity index (χ1) is 10.7. The van der Waals surface area contributed by atoms with Crippen LogP contribution in [0.2, 0.25) is 0 Å². The molecule has 130 valence electrons. The van der Waals surface area contributed by atoms with Gasteiger partial charge in [-0.25, -0.2) is 13.4 Å². The lowest BCUT2D eigenvalue weighted by atomic mass is 10.2. The van der Waals surface area contributed by atoms with Gasteiger partial charge in [-0.3, -0.25) is 0 Å². The van der Waals surface area contributed by atoms with E-state index in [9.17, 15) is 21.6 Å². The summed E-state index contributed by atoms with van der Waals surface area (Å²) in [6.45, 7) is -0.511. The molecule has 1 fully saturated rings. The van der Waals surface area contributed by atoms with E-state index in [4.69, 9.17) is 0 Å². The highest BCUT2D eigenvalue weighted by molar-refractivity contribution is 7.89. The SMILES string of the molecule is CNCC1CCCN1S(=O)(=O)c1ccc(OCC(F)(F)F)nc1. The van der Waals surface area contributed by atoms with Gasteiger partial charge in [0.1, 0.15) is 4.90 Å².